The number of nitrogens with zero attached hydrogens (tertiary/aromatic N) is 1. The highest BCUT2D eigenvalue weighted by molar-refractivity contribution is 6.16. The zero-order valence-electron chi connectivity index (χ0n) is 22.9. The Bertz CT molecular complexity index is 1490. The third-order valence-electron chi connectivity index (χ3n) is 8.66. The number of aryl methyl sites for hydroxylation is 1. The van der Waals surface area contributed by atoms with Gasteiger partial charge >= 0.3 is 5.97 Å². The van der Waals surface area contributed by atoms with Gasteiger partial charge in [0.2, 0.25) is 5.91 Å². The topological polar surface area (TPSA) is 75.7 Å². The van der Waals surface area contributed by atoms with E-state index in [1.807, 2.05) is 89.8 Å². The number of rotatable bonds is 8. The lowest BCUT2D eigenvalue weighted by molar-refractivity contribution is -0.145. The zero-order chi connectivity index (χ0) is 27.9. The quantitative estimate of drug-likeness (QED) is 0.219. The molecule has 3 heterocycles. The van der Waals surface area contributed by atoms with Gasteiger partial charge in [0, 0.05) is 16.9 Å². The minimum atomic E-state index is -1.31. The number of Topliss-reactive ketones (excluding diaryl/α,β-unsaturated/α-hetero) is 1. The number of nitrogens with one attached hydrogen (secondary N) is 1. The van der Waals surface area contributed by atoms with E-state index < -0.39 is 29.4 Å². The summed E-state index contributed by atoms with van der Waals surface area (Å²) in [6.07, 6.45) is 8.32. The monoisotopic (exact) mass is 534 g/mol. The smallest absolute Gasteiger partial charge is 0.329 e. The Kier molecular flexibility index (Phi) is 6.78. The number of ketones is 1. The van der Waals surface area contributed by atoms with Gasteiger partial charge in [-0.05, 0) is 48.6 Å². The lowest BCUT2D eigenvalue weighted by Crippen LogP contribution is -2.51. The van der Waals surface area contributed by atoms with Crippen molar-refractivity contribution < 1.29 is 19.1 Å². The van der Waals surface area contributed by atoms with Crippen LogP contribution in [0, 0.1) is 5.92 Å². The number of hydrogen-bond donors (Lipinski definition) is 1. The van der Waals surface area contributed by atoms with Gasteiger partial charge in [0.15, 0.2) is 5.78 Å². The van der Waals surface area contributed by atoms with E-state index in [1.54, 1.807) is 6.92 Å². The number of fused-ring (bicyclic) bond motifs is 6. The van der Waals surface area contributed by atoms with Crippen molar-refractivity contribution in [2.24, 2.45) is 5.92 Å². The highest BCUT2D eigenvalue weighted by Crippen LogP contribution is 2.57. The molecular weight excluding hydrogens is 500 g/mol. The number of carbonyl (C=O) groups excluding carboxylic acids is 3. The average Bonchev–Trinajstić information content (AvgIpc) is 3.46. The SMILES string of the molecule is CCCCCc1ccc(C(=O)[C@H]2[C@@H](C(=O)OCC)N3c4ccccc4C=C[C@@H]3[C@]23C(=O)Nc2ccccc23)cc1. The summed E-state index contributed by atoms with van der Waals surface area (Å²) >= 11 is 0. The average molecular weight is 535 g/mol. The molecule has 40 heavy (non-hydrogen) atoms. The van der Waals surface area contributed by atoms with Crippen molar-refractivity contribution in [2.75, 3.05) is 16.8 Å². The van der Waals surface area contributed by atoms with Gasteiger partial charge in [0.05, 0.1) is 18.6 Å². The molecule has 0 bridgehead atoms. The Morgan fingerprint density at radius 3 is 2.48 bits per heavy atom. The number of carbonyl (C=O) groups is 3. The molecule has 1 fully saturated rings. The van der Waals surface area contributed by atoms with Crippen LogP contribution < -0.4 is 10.2 Å². The second-order valence-electron chi connectivity index (χ2n) is 10.8. The minimum Gasteiger partial charge on any atom is -0.464 e. The first-order chi connectivity index (χ1) is 19.5. The van der Waals surface area contributed by atoms with E-state index in [2.05, 4.69) is 12.2 Å². The molecule has 204 valence electrons. The number of esters is 1. The molecule has 6 nitrogen and oxygen atoms in total. The largest absolute Gasteiger partial charge is 0.464 e. The minimum absolute atomic E-state index is 0.175. The van der Waals surface area contributed by atoms with Gasteiger partial charge in [-0.2, -0.15) is 0 Å². The molecule has 3 aromatic rings. The van der Waals surface area contributed by atoms with E-state index in [1.165, 1.54) is 5.56 Å². The van der Waals surface area contributed by atoms with Crippen LogP contribution in [0.15, 0.2) is 78.9 Å². The van der Waals surface area contributed by atoms with Crippen LogP contribution in [-0.4, -0.2) is 36.4 Å². The van der Waals surface area contributed by atoms with E-state index in [0.717, 1.165) is 42.5 Å². The maximum atomic E-state index is 14.7. The first-order valence-electron chi connectivity index (χ1n) is 14.3. The van der Waals surface area contributed by atoms with E-state index in [4.69, 9.17) is 4.74 Å². The van der Waals surface area contributed by atoms with Crippen molar-refractivity contribution in [1.82, 2.24) is 0 Å². The van der Waals surface area contributed by atoms with Crippen molar-refractivity contribution in [3.63, 3.8) is 0 Å². The van der Waals surface area contributed by atoms with Crippen molar-refractivity contribution in [3.8, 4) is 0 Å². The van der Waals surface area contributed by atoms with Crippen molar-refractivity contribution in [3.05, 3.63) is 101 Å². The van der Waals surface area contributed by atoms with Crippen LogP contribution in [0.2, 0.25) is 0 Å². The number of unbranched alkanes of at least 4 members (excludes halogenated alkanes) is 2. The number of amides is 1. The Morgan fingerprint density at radius 2 is 1.70 bits per heavy atom. The summed E-state index contributed by atoms with van der Waals surface area (Å²) in [6.45, 7) is 4.11. The fourth-order valence-electron chi connectivity index (χ4n) is 6.91. The Balaban J connectivity index is 1.53. The normalized spacial score (nSPS) is 23.9. The predicted molar refractivity (Wildman–Crippen MR) is 156 cm³/mol. The number of para-hydroxylation sites is 2. The number of ether oxygens (including phenoxy) is 1. The van der Waals surface area contributed by atoms with E-state index >= 15 is 0 Å². The molecule has 6 rings (SSSR count). The van der Waals surface area contributed by atoms with Gasteiger partial charge in [-0.15, -0.1) is 0 Å². The van der Waals surface area contributed by atoms with Crippen molar-refractivity contribution >= 4 is 35.1 Å². The van der Waals surface area contributed by atoms with Crippen LogP contribution >= 0.6 is 0 Å². The molecule has 3 aliphatic heterocycles. The summed E-state index contributed by atoms with van der Waals surface area (Å²) in [5.74, 6) is -2.00. The van der Waals surface area contributed by atoms with Crippen LogP contribution in [0.1, 0.15) is 60.2 Å². The Hall–Kier alpha value is -4.19. The lowest BCUT2D eigenvalue weighted by atomic mass is 9.64. The standard InChI is InChI=1S/C34H34N2O4/c1-3-5-6-11-22-16-18-24(19-17-22)31(37)29-30(32(38)40-4-2)36-27-15-10-7-12-23(27)20-21-28(36)34(29)25-13-8-9-14-26(25)35-33(34)39/h7-10,12-21,28-30H,3-6,11H2,1-2H3,(H,35,39)/t28-,29-,30+,34+/m1/s1. The van der Waals surface area contributed by atoms with E-state index in [9.17, 15) is 14.4 Å². The number of anilines is 2. The highest BCUT2D eigenvalue weighted by Gasteiger charge is 2.70. The van der Waals surface area contributed by atoms with E-state index in [0.29, 0.717) is 11.3 Å². The predicted octanol–water partition coefficient (Wildman–Crippen LogP) is 5.96. The van der Waals surface area contributed by atoms with Crippen molar-refractivity contribution in [2.45, 2.75) is 57.0 Å². The molecule has 0 aliphatic carbocycles. The molecule has 1 amide bonds. The first-order valence-corrected chi connectivity index (χ1v) is 14.3. The highest BCUT2D eigenvalue weighted by atomic mass is 16.5. The van der Waals surface area contributed by atoms with Gasteiger partial charge < -0.3 is 15.0 Å². The third kappa shape index (κ3) is 3.88. The molecule has 0 radical (unpaired) electrons. The summed E-state index contributed by atoms with van der Waals surface area (Å²) in [4.78, 5) is 44.7. The summed E-state index contributed by atoms with van der Waals surface area (Å²) < 4.78 is 5.62. The molecule has 0 saturated carbocycles. The first kappa shape index (κ1) is 26.1. The fraction of sp³-hybridized carbons (Fsp3) is 0.324. The second kappa shape index (κ2) is 10.4. The van der Waals surface area contributed by atoms with E-state index in [-0.39, 0.29) is 18.3 Å². The summed E-state index contributed by atoms with van der Waals surface area (Å²) in [5, 5.41) is 3.05. The summed E-state index contributed by atoms with van der Waals surface area (Å²) in [6, 6.07) is 21.5. The molecule has 0 aromatic heterocycles. The maximum absolute atomic E-state index is 14.7. The third-order valence-corrected chi connectivity index (χ3v) is 8.66. The summed E-state index contributed by atoms with van der Waals surface area (Å²) in [5.41, 5.74) is 3.51. The molecule has 6 heteroatoms. The maximum Gasteiger partial charge on any atom is 0.329 e. The Morgan fingerprint density at radius 1 is 0.950 bits per heavy atom. The van der Waals surface area contributed by atoms with Crippen LogP contribution in [0.25, 0.3) is 6.08 Å². The number of hydrogen-bond acceptors (Lipinski definition) is 5. The molecule has 3 aromatic carbocycles. The number of benzene rings is 3. The lowest BCUT2D eigenvalue weighted by Gasteiger charge is -2.37. The second-order valence-corrected chi connectivity index (χ2v) is 10.8. The molecule has 1 spiro atoms. The van der Waals surface area contributed by atoms with Gasteiger partial charge in [-0.1, -0.05) is 92.6 Å². The molecule has 0 unspecified atom stereocenters. The van der Waals surface area contributed by atoms with Crippen LogP contribution in [-0.2, 0) is 26.2 Å². The molecule has 1 N–H and O–H groups in total. The zero-order valence-corrected chi connectivity index (χ0v) is 22.9. The molecule has 4 atom stereocenters. The van der Waals surface area contributed by atoms with Gasteiger partial charge in [-0.3, -0.25) is 9.59 Å². The van der Waals surface area contributed by atoms with Crippen LogP contribution in [0.4, 0.5) is 11.4 Å². The molecule has 1 saturated heterocycles. The van der Waals surface area contributed by atoms with Crippen LogP contribution in [0.3, 0.4) is 0 Å². The molecule has 3 aliphatic rings. The summed E-state index contributed by atoms with van der Waals surface area (Å²) in [7, 11) is 0. The fourth-order valence-corrected chi connectivity index (χ4v) is 6.91. The van der Waals surface area contributed by atoms with Crippen molar-refractivity contribution in [1.29, 1.82) is 0 Å². The van der Waals surface area contributed by atoms with Gasteiger partial charge in [0.25, 0.3) is 0 Å². The van der Waals surface area contributed by atoms with Crippen LogP contribution in [0.5, 0.6) is 0 Å². The Labute approximate surface area is 235 Å². The van der Waals surface area contributed by atoms with Gasteiger partial charge in [0.1, 0.15) is 11.5 Å². The molecular formula is C34H34N2O4. The van der Waals surface area contributed by atoms with Gasteiger partial charge in [-0.25, -0.2) is 4.79 Å².